The van der Waals surface area contributed by atoms with Crippen molar-refractivity contribution >= 4 is 21.6 Å². The third kappa shape index (κ3) is 3.08. The van der Waals surface area contributed by atoms with E-state index in [4.69, 9.17) is 9.47 Å². The molecule has 2 rings (SSSR count). The minimum atomic E-state index is -0.496. The fourth-order valence-corrected chi connectivity index (χ4v) is 2.26. The number of nitrogens with zero attached hydrogens (tertiary/aromatic N) is 1. The van der Waals surface area contributed by atoms with Crippen molar-refractivity contribution in [1.82, 2.24) is 0 Å². The number of halogens is 1. The lowest BCUT2D eigenvalue weighted by Crippen LogP contribution is -1.94. The second-order valence-electron chi connectivity index (χ2n) is 4.13. The molecule has 0 aliphatic carbocycles. The predicted molar refractivity (Wildman–Crippen MR) is 78.6 cm³/mol. The molecule has 0 bridgehead atoms. The van der Waals surface area contributed by atoms with Gasteiger partial charge in [0.25, 0.3) is 0 Å². The lowest BCUT2D eigenvalue weighted by atomic mass is 10.2. The molecule has 6 heteroatoms. The van der Waals surface area contributed by atoms with Crippen molar-refractivity contribution < 1.29 is 14.4 Å². The van der Waals surface area contributed by atoms with E-state index in [2.05, 4.69) is 15.9 Å². The van der Waals surface area contributed by atoms with Crippen LogP contribution in [-0.2, 0) is 0 Å². The van der Waals surface area contributed by atoms with E-state index < -0.39 is 4.92 Å². The van der Waals surface area contributed by atoms with E-state index in [1.807, 2.05) is 25.1 Å². The quantitative estimate of drug-likeness (QED) is 0.610. The van der Waals surface area contributed by atoms with E-state index in [1.165, 1.54) is 25.3 Å². The highest BCUT2D eigenvalue weighted by Gasteiger charge is 2.15. The zero-order chi connectivity index (χ0) is 14.7. The van der Waals surface area contributed by atoms with Gasteiger partial charge < -0.3 is 9.47 Å². The average Bonchev–Trinajstić information content (AvgIpc) is 2.41. The van der Waals surface area contributed by atoms with Crippen molar-refractivity contribution in [1.29, 1.82) is 0 Å². The maximum Gasteiger partial charge on any atom is 0.311 e. The van der Waals surface area contributed by atoms with Gasteiger partial charge in [0.1, 0.15) is 11.5 Å². The summed E-state index contributed by atoms with van der Waals surface area (Å²) in [5.41, 5.74) is 1.01. The smallest absolute Gasteiger partial charge is 0.311 e. The topological polar surface area (TPSA) is 61.6 Å². The number of ether oxygens (including phenoxy) is 2. The second kappa shape index (κ2) is 5.92. The Morgan fingerprint density at radius 3 is 2.50 bits per heavy atom. The van der Waals surface area contributed by atoms with Crippen LogP contribution < -0.4 is 9.47 Å². The van der Waals surface area contributed by atoms with Crippen molar-refractivity contribution in [2.75, 3.05) is 7.11 Å². The standard InChI is InChI=1S/C14H12BrNO4/c1-9-3-6-13(11(15)7-9)20-10-4-5-12(16(17)18)14(8-10)19-2/h3-8H,1-2H3. The van der Waals surface area contributed by atoms with Gasteiger partial charge in [-0.3, -0.25) is 10.1 Å². The molecule has 2 aromatic carbocycles. The lowest BCUT2D eigenvalue weighted by Gasteiger charge is -2.09. The number of hydrogen-bond acceptors (Lipinski definition) is 4. The van der Waals surface area contributed by atoms with Gasteiger partial charge in [0, 0.05) is 12.1 Å². The SMILES string of the molecule is COc1cc(Oc2ccc(C)cc2Br)ccc1[N+](=O)[O-]. The summed E-state index contributed by atoms with van der Waals surface area (Å²) in [6.07, 6.45) is 0. The molecule has 0 radical (unpaired) electrons. The Hall–Kier alpha value is -2.08. The number of nitro groups is 1. The van der Waals surface area contributed by atoms with Crippen molar-refractivity contribution in [2.45, 2.75) is 6.92 Å². The maximum atomic E-state index is 10.8. The molecular weight excluding hydrogens is 326 g/mol. The zero-order valence-corrected chi connectivity index (χ0v) is 12.5. The first kappa shape index (κ1) is 14.3. The molecule has 0 fully saturated rings. The molecule has 0 atom stereocenters. The van der Waals surface area contributed by atoms with Gasteiger partial charge in [-0.1, -0.05) is 6.07 Å². The van der Waals surface area contributed by atoms with E-state index in [0.717, 1.165) is 10.0 Å². The first-order valence-electron chi connectivity index (χ1n) is 5.77. The van der Waals surface area contributed by atoms with Gasteiger partial charge in [0.05, 0.1) is 16.5 Å². The third-order valence-electron chi connectivity index (χ3n) is 2.66. The van der Waals surface area contributed by atoms with Gasteiger partial charge >= 0.3 is 5.69 Å². The molecule has 0 heterocycles. The number of nitro benzene ring substituents is 1. The fourth-order valence-electron chi connectivity index (χ4n) is 1.69. The van der Waals surface area contributed by atoms with Gasteiger partial charge in [-0.05, 0) is 46.6 Å². The van der Waals surface area contributed by atoms with E-state index in [1.54, 1.807) is 0 Å². The molecule has 104 valence electrons. The van der Waals surface area contributed by atoms with Crippen LogP contribution in [0.4, 0.5) is 5.69 Å². The number of rotatable bonds is 4. The van der Waals surface area contributed by atoms with Crippen molar-refractivity contribution in [3.8, 4) is 17.2 Å². The summed E-state index contributed by atoms with van der Waals surface area (Å²) in [6.45, 7) is 1.98. The Morgan fingerprint density at radius 1 is 1.15 bits per heavy atom. The minimum Gasteiger partial charge on any atom is -0.490 e. The fraction of sp³-hybridized carbons (Fsp3) is 0.143. The predicted octanol–water partition coefficient (Wildman–Crippen LogP) is 4.47. The molecule has 0 saturated heterocycles. The summed E-state index contributed by atoms with van der Waals surface area (Å²) < 4.78 is 11.5. The largest absolute Gasteiger partial charge is 0.490 e. The molecule has 0 N–H and O–H groups in total. The van der Waals surface area contributed by atoms with Crippen LogP contribution in [0.25, 0.3) is 0 Å². The summed E-state index contributed by atoms with van der Waals surface area (Å²) in [6, 6.07) is 10.1. The van der Waals surface area contributed by atoms with Crippen LogP contribution in [-0.4, -0.2) is 12.0 Å². The molecule has 0 aromatic heterocycles. The summed E-state index contributed by atoms with van der Waals surface area (Å²) >= 11 is 3.41. The summed E-state index contributed by atoms with van der Waals surface area (Å²) in [4.78, 5) is 10.3. The molecule has 20 heavy (non-hydrogen) atoms. The molecule has 2 aromatic rings. The zero-order valence-electron chi connectivity index (χ0n) is 10.9. The molecule has 0 unspecified atom stereocenters. The van der Waals surface area contributed by atoms with Crippen LogP contribution in [0.3, 0.4) is 0 Å². The van der Waals surface area contributed by atoms with Crippen LogP contribution in [0.5, 0.6) is 17.2 Å². The summed E-state index contributed by atoms with van der Waals surface area (Å²) in [7, 11) is 1.38. The normalized spacial score (nSPS) is 10.2. The number of hydrogen-bond donors (Lipinski definition) is 0. The molecular formula is C14H12BrNO4. The maximum absolute atomic E-state index is 10.8. The van der Waals surface area contributed by atoms with Crippen molar-refractivity contribution in [3.05, 3.63) is 56.5 Å². The molecule has 0 aliphatic heterocycles. The summed E-state index contributed by atoms with van der Waals surface area (Å²) in [5, 5.41) is 10.8. The third-order valence-corrected chi connectivity index (χ3v) is 3.28. The highest BCUT2D eigenvalue weighted by atomic mass is 79.9. The van der Waals surface area contributed by atoms with Crippen LogP contribution in [0, 0.1) is 17.0 Å². The summed E-state index contributed by atoms with van der Waals surface area (Å²) in [5.74, 6) is 1.26. The van der Waals surface area contributed by atoms with E-state index in [-0.39, 0.29) is 11.4 Å². The van der Waals surface area contributed by atoms with Gasteiger partial charge in [-0.15, -0.1) is 0 Å². The number of methoxy groups -OCH3 is 1. The Balaban J connectivity index is 2.32. The lowest BCUT2D eigenvalue weighted by molar-refractivity contribution is -0.385. The second-order valence-corrected chi connectivity index (χ2v) is 4.98. The monoisotopic (exact) mass is 337 g/mol. The Bertz CT molecular complexity index is 658. The van der Waals surface area contributed by atoms with Crippen LogP contribution >= 0.6 is 15.9 Å². The van der Waals surface area contributed by atoms with E-state index in [0.29, 0.717) is 11.5 Å². The molecule has 0 amide bonds. The molecule has 5 nitrogen and oxygen atoms in total. The first-order chi connectivity index (χ1) is 9.51. The van der Waals surface area contributed by atoms with Gasteiger partial charge in [0.2, 0.25) is 5.75 Å². The Labute approximate surface area is 124 Å². The van der Waals surface area contributed by atoms with Crippen LogP contribution in [0.1, 0.15) is 5.56 Å². The molecule has 0 spiro atoms. The van der Waals surface area contributed by atoms with Gasteiger partial charge in [-0.2, -0.15) is 0 Å². The van der Waals surface area contributed by atoms with Crippen LogP contribution in [0.2, 0.25) is 0 Å². The first-order valence-corrected chi connectivity index (χ1v) is 6.57. The number of aryl methyl sites for hydroxylation is 1. The minimum absolute atomic E-state index is 0.0946. The van der Waals surface area contributed by atoms with Crippen LogP contribution in [0.15, 0.2) is 40.9 Å². The van der Waals surface area contributed by atoms with Crippen molar-refractivity contribution in [3.63, 3.8) is 0 Å². The van der Waals surface area contributed by atoms with Crippen molar-refractivity contribution in [2.24, 2.45) is 0 Å². The Kier molecular flexibility index (Phi) is 4.24. The van der Waals surface area contributed by atoms with Gasteiger partial charge in [0.15, 0.2) is 0 Å². The highest BCUT2D eigenvalue weighted by Crippen LogP contribution is 2.35. The van der Waals surface area contributed by atoms with E-state index in [9.17, 15) is 10.1 Å². The average molecular weight is 338 g/mol. The molecule has 0 aliphatic rings. The van der Waals surface area contributed by atoms with E-state index >= 15 is 0 Å². The highest BCUT2D eigenvalue weighted by molar-refractivity contribution is 9.10. The molecule has 0 saturated carbocycles. The number of benzene rings is 2. The van der Waals surface area contributed by atoms with Gasteiger partial charge in [-0.25, -0.2) is 0 Å². The Morgan fingerprint density at radius 2 is 1.90 bits per heavy atom.